The summed E-state index contributed by atoms with van der Waals surface area (Å²) in [7, 11) is 1.69. The normalized spacial score (nSPS) is 25.2. The first-order valence-electron chi connectivity index (χ1n) is 2.67. The van der Waals surface area contributed by atoms with Gasteiger partial charge in [-0.15, -0.1) is 0 Å². The number of rotatable bonds is 0. The lowest BCUT2D eigenvalue weighted by Crippen LogP contribution is -2.28. The van der Waals surface area contributed by atoms with Crippen LogP contribution in [0.1, 0.15) is 6.42 Å². The number of alkyl halides is 2. The van der Waals surface area contributed by atoms with Gasteiger partial charge in [0.25, 0.3) is 5.91 Å². The Kier molecular flexibility index (Phi) is 1.61. The lowest BCUT2D eigenvalue weighted by atomic mass is 10.3. The molecule has 0 N–H and O–H groups in total. The van der Waals surface area contributed by atoms with E-state index in [4.69, 9.17) is 23.2 Å². The first kappa shape index (κ1) is 7.16. The van der Waals surface area contributed by atoms with Crippen molar-refractivity contribution in [2.45, 2.75) is 10.8 Å². The van der Waals surface area contributed by atoms with Gasteiger partial charge < -0.3 is 4.90 Å². The monoisotopic (exact) mass is 167 g/mol. The fourth-order valence-electron chi connectivity index (χ4n) is 0.796. The SMILES string of the molecule is CN1CCC(Cl)(Cl)C1=O. The number of carbonyl (C=O) groups is 1. The van der Waals surface area contributed by atoms with E-state index < -0.39 is 4.33 Å². The van der Waals surface area contributed by atoms with Gasteiger partial charge in [-0.25, -0.2) is 0 Å². The molecule has 1 saturated heterocycles. The van der Waals surface area contributed by atoms with Crippen LogP contribution in [0.4, 0.5) is 0 Å². The smallest absolute Gasteiger partial charge is 0.258 e. The van der Waals surface area contributed by atoms with E-state index in [0.717, 1.165) is 0 Å². The topological polar surface area (TPSA) is 20.3 Å². The molecule has 9 heavy (non-hydrogen) atoms. The molecule has 2 nitrogen and oxygen atoms in total. The third-order valence-electron chi connectivity index (χ3n) is 1.42. The summed E-state index contributed by atoms with van der Waals surface area (Å²) in [6.45, 7) is 0.659. The van der Waals surface area contributed by atoms with Gasteiger partial charge >= 0.3 is 0 Å². The number of halogens is 2. The van der Waals surface area contributed by atoms with E-state index in [1.165, 1.54) is 4.90 Å². The minimum atomic E-state index is -1.14. The van der Waals surface area contributed by atoms with Crippen molar-refractivity contribution in [3.8, 4) is 0 Å². The van der Waals surface area contributed by atoms with Crippen molar-refractivity contribution in [3.63, 3.8) is 0 Å². The maximum absolute atomic E-state index is 10.9. The molecule has 0 aliphatic carbocycles. The van der Waals surface area contributed by atoms with Gasteiger partial charge in [-0.3, -0.25) is 4.79 Å². The Hall–Kier alpha value is 0.0500. The second kappa shape index (κ2) is 2.03. The fourth-order valence-corrected chi connectivity index (χ4v) is 1.25. The fraction of sp³-hybridized carbons (Fsp3) is 0.800. The Morgan fingerprint density at radius 2 is 2.22 bits per heavy atom. The molecule has 1 aliphatic rings. The lowest BCUT2D eigenvalue weighted by molar-refractivity contribution is -0.127. The second-order valence-corrected chi connectivity index (χ2v) is 3.67. The quantitative estimate of drug-likeness (QED) is 0.494. The Labute approximate surface area is 63.7 Å². The van der Waals surface area contributed by atoms with Gasteiger partial charge in [-0.2, -0.15) is 0 Å². The first-order valence-corrected chi connectivity index (χ1v) is 3.43. The predicted molar refractivity (Wildman–Crippen MR) is 36.7 cm³/mol. The summed E-state index contributed by atoms with van der Waals surface area (Å²) >= 11 is 11.2. The molecule has 0 unspecified atom stereocenters. The van der Waals surface area contributed by atoms with Crippen LogP contribution in [0.15, 0.2) is 0 Å². The van der Waals surface area contributed by atoms with Gasteiger partial charge in [0.05, 0.1) is 0 Å². The van der Waals surface area contributed by atoms with Crippen LogP contribution in [0.25, 0.3) is 0 Å². The summed E-state index contributed by atoms with van der Waals surface area (Å²) in [5, 5.41) is 0. The summed E-state index contributed by atoms with van der Waals surface area (Å²) in [6, 6.07) is 0. The average molecular weight is 168 g/mol. The molecule has 1 amide bonds. The van der Waals surface area contributed by atoms with Crippen LogP contribution in [0.2, 0.25) is 0 Å². The molecule has 0 atom stereocenters. The van der Waals surface area contributed by atoms with Crippen LogP contribution in [-0.2, 0) is 4.79 Å². The molecule has 1 heterocycles. The molecule has 0 aromatic rings. The molecule has 0 aromatic carbocycles. The summed E-state index contributed by atoms with van der Waals surface area (Å²) in [5.74, 6) is -0.189. The number of hydrogen-bond donors (Lipinski definition) is 0. The van der Waals surface area contributed by atoms with Crippen LogP contribution in [0, 0.1) is 0 Å². The van der Waals surface area contributed by atoms with Crippen molar-refractivity contribution in [1.29, 1.82) is 0 Å². The molecule has 4 heteroatoms. The third kappa shape index (κ3) is 1.14. The van der Waals surface area contributed by atoms with Crippen LogP contribution in [0.5, 0.6) is 0 Å². The second-order valence-electron chi connectivity index (χ2n) is 2.18. The molecule has 0 aromatic heterocycles. The maximum Gasteiger partial charge on any atom is 0.258 e. The minimum Gasteiger partial charge on any atom is -0.343 e. The van der Waals surface area contributed by atoms with Crippen LogP contribution < -0.4 is 0 Å². The molecular weight excluding hydrogens is 161 g/mol. The van der Waals surface area contributed by atoms with Crippen molar-refractivity contribution >= 4 is 29.1 Å². The molecule has 1 aliphatic heterocycles. The van der Waals surface area contributed by atoms with Crippen molar-refractivity contribution in [3.05, 3.63) is 0 Å². The summed E-state index contributed by atoms with van der Waals surface area (Å²) in [6.07, 6.45) is 0.533. The highest BCUT2D eigenvalue weighted by atomic mass is 35.5. The Morgan fingerprint density at radius 3 is 2.33 bits per heavy atom. The van der Waals surface area contributed by atoms with Gasteiger partial charge in [0.2, 0.25) is 0 Å². The van der Waals surface area contributed by atoms with Crippen LogP contribution in [-0.4, -0.2) is 28.7 Å². The highest BCUT2D eigenvalue weighted by molar-refractivity contribution is 6.58. The molecule has 0 spiro atoms. The molecule has 1 rings (SSSR count). The lowest BCUT2D eigenvalue weighted by Gasteiger charge is -2.09. The van der Waals surface area contributed by atoms with Gasteiger partial charge in [-0.1, -0.05) is 23.2 Å². The van der Waals surface area contributed by atoms with E-state index in [2.05, 4.69) is 0 Å². The highest BCUT2D eigenvalue weighted by Gasteiger charge is 2.41. The van der Waals surface area contributed by atoms with E-state index in [-0.39, 0.29) is 5.91 Å². The molecule has 1 fully saturated rings. The molecule has 0 radical (unpaired) electrons. The standard InChI is InChI=1S/C5H7Cl2NO/c1-8-3-2-5(6,7)4(8)9/h2-3H2,1H3. The van der Waals surface area contributed by atoms with Gasteiger partial charge in [0.15, 0.2) is 4.33 Å². The zero-order valence-electron chi connectivity index (χ0n) is 5.03. The first-order chi connectivity index (χ1) is 4.04. The average Bonchev–Trinajstić information content (AvgIpc) is 1.97. The van der Waals surface area contributed by atoms with Crippen molar-refractivity contribution < 1.29 is 4.79 Å². The van der Waals surface area contributed by atoms with E-state index in [1.807, 2.05) is 0 Å². The summed E-state index contributed by atoms with van der Waals surface area (Å²) < 4.78 is -1.14. The summed E-state index contributed by atoms with van der Waals surface area (Å²) in [4.78, 5) is 12.4. The van der Waals surface area contributed by atoms with Gasteiger partial charge in [-0.05, 0) is 0 Å². The largest absolute Gasteiger partial charge is 0.343 e. The highest BCUT2D eigenvalue weighted by Crippen LogP contribution is 2.32. The zero-order valence-corrected chi connectivity index (χ0v) is 6.54. The Bertz CT molecular complexity index is 146. The van der Waals surface area contributed by atoms with Crippen LogP contribution in [0.3, 0.4) is 0 Å². The number of hydrogen-bond acceptors (Lipinski definition) is 1. The Morgan fingerprint density at radius 1 is 1.67 bits per heavy atom. The maximum atomic E-state index is 10.9. The molecule has 0 saturated carbocycles. The number of amides is 1. The van der Waals surface area contributed by atoms with Crippen molar-refractivity contribution in [1.82, 2.24) is 4.90 Å². The van der Waals surface area contributed by atoms with Crippen molar-refractivity contribution in [2.75, 3.05) is 13.6 Å². The minimum absolute atomic E-state index is 0.189. The summed E-state index contributed by atoms with van der Waals surface area (Å²) in [5.41, 5.74) is 0. The van der Waals surface area contributed by atoms with Gasteiger partial charge in [0.1, 0.15) is 0 Å². The van der Waals surface area contributed by atoms with Crippen LogP contribution >= 0.6 is 23.2 Å². The van der Waals surface area contributed by atoms with E-state index in [0.29, 0.717) is 13.0 Å². The number of carbonyl (C=O) groups excluding carboxylic acids is 1. The molecule has 0 bridgehead atoms. The van der Waals surface area contributed by atoms with E-state index in [1.54, 1.807) is 7.05 Å². The van der Waals surface area contributed by atoms with Gasteiger partial charge in [0, 0.05) is 20.0 Å². The number of likely N-dealkylation sites (tertiary alicyclic amines) is 1. The molecule has 52 valence electrons. The van der Waals surface area contributed by atoms with Crippen molar-refractivity contribution in [2.24, 2.45) is 0 Å². The Balaban J connectivity index is 2.74. The molecular formula is C5H7Cl2NO. The van der Waals surface area contributed by atoms with E-state index >= 15 is 0 Å². The van der Waals surface area contributed by atoms with E-state index in [9.17, 15) is 4.79 Å². The number of nitrogens with zero attached hydrogens (tertiary/aromatic N) is 1. The third-order valence-corrected chi connectivity index (χ3v) is 2.12. The zero-order chi connectivity index (χ0) is 7.07. The predicted octanol–water partition coefficient (Wildman–Crippen LogP) is 1.02.